The van der Waals surface area contributed by atoms with Gasteiger partial charge in [-0.2, -0.15) is 0 Å². The molecule has 21 heavy (non-hydrogen) atoms. The number of aliphatic hydroxyl groups is 1. The lowest BCUT2D eigenvalue weighted by Crippen LogP contribution is -2.55. The molecule has 5 heteroatoms. The third-order valence-corrected chi connectivity index (χ3v) is 6.20. The van der Waals surface area contributed by atoms with Gasteiger partial charge in [0.25, 0.3) is 0 Å². The van der Waals surface area contributed by atoms with E-state index in [4.69, 9.17) is 14.2 Å². The highest BCUT2D eigenvalue weighted by molar-refractivity contribution is 5.55. The fourth-order valence-electron chi connectivity index (χ4n) is 5.29. The average Bonchev–Trinajstić information content (AvgIpc) is 3.10. The summed E-state index contributed by atoms with van der Waals surface area (Å²) in [7, 11) is 0. The fraction of sp³-hybridized carbons (Fsp3) is 0.625. The second-order valence-corrected chi connectivity index (χ2v) is 6.96. The maximum atomic E-state index is 10.2. The van der Waals surface area contributed by atoms with Gasteiger partial charge in [0.05, 0.1) is 12.2 Å². The lowest BCUT2D eigenvalue weighted by molar-refractivity contribution is 0.0586. The van der Waals surface area contributed by atoms with Gasteiger partial charge in [-0.15, -0.1) is 0 Å². The Kier molecular flexibility index (Phi) is 1.81. The first-order valence-electron chi connectivity index (χ1n) is 7.78. The van der Waals surface area contributed by atoms with Crippen LogP contribution < -0.4 is 9.47 Å². The maximum Gasteiger partial charge on any atom is 0.231 e. The molecule has 5 aliphatic rings. The zero-order valence-electron chi connectivity index (χ0n) is 11.6. The molecule has 0 aromatic heterocycles. The van der Waals surface area contributed by atoms with Gasteiger partial charge in [-0.3, -0.25) is 4.90 Å². The van der Waals surface area contributed by atoms with Gasteiger partial charge in [-0.1, -0.05) is 0 Å². The van der Waals surface area contributed by atoms with Crippen molar-refractivity contribution in [2.24, 2.45) is 0 Å². The molecule has 1 aromatic carbocycles. The summed E-state index contributed by atoms with van der Waals surface area (Å²) >= 11 is 0. The van der Waals surface area contributed by atoms with E-state index in [1.54, 1.807) is 0 Å². The van der Waals surface area contributed by atoms with Crippen molar-refractivity contribution in [2.75, 3.05) is 13.3 Å². The smallest absolute Gasteiger partial charge is 0.231 e. The van der Waals surface area contributed by atoms with Gasteiger partial charge in [0.1, 0.15) is 6.10 Å². The molecule has 6 rings (SSSR count). The molecular formula is C16H17NO4. The van der Waals surface area contributed by atoms with Crippen molar-refractivity contribution < 1.29 is 19.3 Å². The minimum Gasteiger partial charge on any atom is -0.454 e. The van der Waals surface area contributed by atoms with E-state index in [-0.39, 0.29) is 23.7 Å². The van der Waals surface area contributed by atoms with Crippen LogP contribution >= 0.6 is 0 Å². The molecule has 5 nitrogen and oxygen atoms in total. The quantitative estimate of drug-likeness (QED) is 0.714. The van der Waals surface area contributed by atoms with Crippen molar-refractivity contribution >= 4 is 0 Å². The Morgan fingerprint density at radius 2 is 2.10 bits per heavy atom. The van der Waals surface area contributed by atoms with Gasteiger partial charge < -0.3 is 19.3 Å². The summed E-state index contributed by atoms with van der Waals surface area (Å²) in [4.78, 5) is 2.52. The van der Waals surface area contributed by atoms with E-state index in [0.717, 1.165) is 37.4 Å². The number of epoxide rings is 1. The molecular weight excluding hydrogens is 270 g/mol. The molecule has 6 atom stereocenters. The third kappa shape index (κ3) is 1.17. The van der Waals surface area contributed by atoms with Gasteiger partial charge in [0.15, 0.2) is 11.5 Å². The summed E-state index contributed by atoms with van der Waals surface area (Å²) in [5, 5.41) is 10.2. The first kappa shape index (κ1) is 11.3. The summed E-state index contributed by atoms with van der Waals surface area (Å²) in [6.45, 7) is 2.35. The molecule has 1 saturated carbocycles. The average molecular weight is 287 g/mol. The van der Waals surface area contributed by atoms with Crippen molar-refractivity contribution in [1.82, 2.24) is 4.90 Å². The van der Waals surface area contributed by atoms with Crippen LogP contribution in [-0.2, 0) is 16.7 Å². The van der Waals surface area contributed by atoms with E-state index in [1.165, 1.54) is 11.1 Å². The van der Waals surface area contributed by atoms with Crippen LogP contribution in [0.15, 0.2) is 12.1 Å². The first-order valence-corrected chi connectivity index (χ1v) is 7.78. The van der Waals surface area contributed by atoms with E-state index in [1.807, 2.05) is 0 Å². The Morgan fingerprint density at radius 3 is 3.00 bits per heavy atom. The summed E-state index contributed by atoms with van der Waals surface area (Å²) in [5.41, 5.74) is 2.78. The molecule has 0 amide bonds. The fourth-order valence-corrected chi connectivity index (χ4v) is 5.29. The predicted octanol–water partition coefficient (Wildman–Crippen LogP) is 0.773. The van der Waals surface area contributed by atoms with Gasteiger partial charge >= 0.3 is 0 Å². The van der Waals surface area contributed by atoms with Crippen LogP contribution in [0.1, 0.15) is 24.0 Å². The molecule has 1 N–H and O–H groups in total. The summed E-state index contributed by atoms with van der Waals surface area (Å²) in [5.74, 6) is 1.74. The van der Waals surface area contributed by atoms with Gasteiger partial charge in [0, 0.05) is 18.0 Å². The second-order valence-electron chi connectivity index (χ2n) is 6.96. The Bertz CT molecular complexity index is 662. The molecule has 0 spiro atoms. The van der Waals surface area contributed by atoms with E-state index in [9.17, 15) is 5.11 Å². The summed E-state index contributed by atoms with van der Waals surface area (Å²) in [6, 6.07) is 4.74. The predicted molar refractivity (Wildman–Crippen MR) is 72.3 cm³/mol. The van der Waals surface area contributed by atoms with Crippen LogP contribution in [0, 0.1) is 0 Å². The van der Waals surface area contributed by atoms with Crippen LogP contribution in [-0.4, -0.2) is 47.7 Å². The van der Waals surface area contributed by atoms with Gasteiger partial charge in [0.2, 0.25) is 6.79 Å². The second kappa shape index (κ2) is 3.37. The highest BCUT2D eigenvalue weighted by Crippen LogP contribution is 2.60. The summed E-state index contributed by atoms with van der Waals surface area (Å²) in [6.07, 6.45) is 1.87. The Hall–Kier alpha value is -1.30. The number of hydrogen-bond donors (Lipinski definition) is 1. The van der Waals surface area contributed by atoms with E-state index in [0.29, 0.717) is 12.8 Å². The summed E-state index contributed by atoms with van der Waals surface area (Å²) < 4.78 is 17.0. The van der Waals surface area contributed by atoms with Crippen molar-refractivity contribution in [1.29, 1.82) is 0 Å². The van der Waals surface area contributed by atoms with Crippen molar-refractivity contribution in [3.63, 3.8) is 0 Å². The van der Waals surface area contributed by atoms with Crippen molar-refractivity contribution in [2.45, 2.75) is 49.2 Å². The molecule has 1 aromatic rings. The standard InChI is InChI=1S/C16H17NO4/c18-10-5-13-16(15-14(10)21-15)1-2-17(13)6-8-3-11-12(4-9(8)16)20-7-19-11/h3-4,10,13-15,18H,1-2,5-7H2/t10-,13-,14+,15+,16+/m1/s1. The molecule has 1 unspecified atom stereocenters. The van der Waals surface area contributed by atoms with Crippen LogP contribution in [0.2, 0.25) is 0 Å². The molecule has 4 aliphatic heterocycles. The van der Waals surface area contributed by atoms with Crippen molar-refractivity contribution in [3.05, 3.63) is 23.3 Å². The molecule has 3 fully saturated rings. The first-order chi connectivity index (χ1) is 10.3. The maximum absolute atomic E-state index is 10.2. The van der Waals surface area contributed by atoms with Crippen molar-refractivity contribution in [3.8, 4) is 11.5 Å². The topological polar surface area (TPSA) is 54.5 Å². The number of rotatable bonds is 0. The third-order valence-electron chi connectivity index (χ3n) is 6.20. The number of fused-ring (bicyclic) bond motifs is 3. The minimum atomic E-state index is -0.302. The number of benzene rings is 1. The van der Waals surface area contributed by atoms with E-state index < -0.39 is 0 Å². The lowest BCUT2D eigenvalue weighted by atomic mass is 9.63. The minimum absolute atomic E-state index is 0.0394. The van der Waals surface area contributed by atoms with Gasteiger partial charge in [-0.05, 0) is 42.6 Å². The van der Waals surface area contributed by atoms with E-state index >= 15 is 0 Å². The lowest BCUT2D eigenvalue weighted by Gasteiger charge is -2.46. The number of hydrogen-bond acceptors (Lipinski definition) is 5. The number of aliphatic hydroxyl groups excluding tert-OH is 1. The monoisotopic (exact) mass is 287 g/mol. The highest BCUT2D eigenvalue weighted by atomic mass is 16.7. The normalized spacial score (nSPS) is 47.6. The van der Waals surface area contributed by atoms with Gasteiger partial charge in [-0.25, -0.2) is 0 Å². The molecule has 1 aliphatic carbocycles. The Balaban J connectivity index is 1.58. The molecule has 0 radical (unpaired) electrons. The highest BCUT2D eigenvalue weighted by Gasteiger charge is 2.69. The van der Waals surface area contributed by atoms with Crippen LogP contribution in [0.4, 0.5) is 0 Å². The zero-order chi connectivity index (χ0) is 13.8. The number of nitrogens with zero attached hydrogens (tertiary/aromatic N) is 1. The molecule has 110 valence electrons. The molecule has 2 bridgehead atoms. The number of ether oxygens (including phenoxy) is 3. The zero-order valence-corrected chi connectivity index (χ0v) is 11.6. The Labute approximate surface area is 122 Å². The molecule has 4 heterocycles. The van der Waals surface area contributed by atoms with Crippen LogP contribution in [0.25, 0.3) is 0 Å². The largest absolute Gasteiger partial charge is 0.454 e. The van der Waals surface area contributed by atoms with E-state index in [2.05, 4.69) is 17.0 Å². The Morgan fingerprint density at radius 1 is 1.24 bits per heavy atom. The SMILES string of the molecule is O[C@@H]1C[C@H]2N3CC[C@@]2(c2cc4c(cc2C3)OCO4)[C@H]2O[C@@H]12. The van der Waals surface area contributed by atoms with Crippen LogP contribution in [0.5, 0.6) is 11.5 Å². The molecule has 2 saturated heterocycles. The van der Waals surface area contributed by atoms with Crippen LogP contribution in [0.3, 0.4) is 0 Å².